The van der Waals surface area contributed by atoms with E-state index < -0.39 is 9.84 Å². The van der Waals surface area contributed by atoms with Gasteiger partial charge in [0.15, 0.2) is 9.84 Å². The first kappa shape index (κ1) is 15.5. The summed E-state index contributed by atoms with van der Waals surface area (Å²) in [7, 11) is -3.44. The third kappa shape index (κ3) is 4.26. The van der Waals surface area contributed by atoms with Crippen molar-refractivity contribution < 1.29 is 13.5 Å². The molecule has 0 heterocycles. The van der Waals surface area contributed by atoms with Crippen LogP contribution in [-0.2, 0) is 9.84 Å². The maximum Gasteiger partial charge on any atom is 0.182 e. The zero-order chi connectivity index (χ0) is 13.8. The van der Waals surface area contributed by atoms with Gasteiger partial charge in [0.05, 0.1) is 22.9 Å². The summed E-state index contributed by atoms with van der Waals surface area (Å²) in [5.41, 5.74) is 0.575. The molecule has 18 heavy (non-hydrogen) atoms. The van der Waals surface area contributed by atoms with Crippen molar-refractivity contribution in [1.82, 2.24) is 0 Å². The summed E-state index contributed by atoms with van der Waals surface area (Å²) in [5, 5.41) is 11.9. The van der Waals surface area contributed by atoms with Crippen LogP contribution in [0.3, 0.4) is 0 Å². The van der Waals surface area contributed by atoms with Gasteiger partial charge in [0, 0.05) is 11.0 Å². The van der Waals surface area contributed by atoms with Gasteiger partial charge in [0.25, 0.3) is 0 Å². The fraction of sp³-hybridized carbons (Fsp3) is 0.500. The minimum atomic E-state index is -3.44. The van der Waals surface area contributed by atoms with Crippen molar-refractivity contribution in [1.29, 1.82) is 0 Å². The summed E-state index contributed by atoms with van der Waals surface area (Å²) in [5.74, 6) is 0.155. The van der Waals surface area contributed by atoms with Gasteiger partial charge in [-0.2, -0.15) is 0 Å². The number of benzene rings is 1. The van der Waals surface area contributed by atoms with Gasteiger partial charge in [-0.3, -0.25) is 0 Å². The molecule has 0 aliphatic carbocycles. The molecule has 0 saturated heterocycles. The molecule has 0 fully saturated rings. The molecule has 1 aromatic rings. The van der Waals surface area contributed by atoms with Crippen LogP contribution in [0.4, 0.5) is 5.69 Å². The van der Waals surface area contributed by atoms with Crippen molar-refractivity contribution in [3.8, 4) is 0 Å². The van der Waals surface area contributed by atoms with E-state index in [1.165, 1.54) is 0 Å². The molecule has 6 heteroatoms. The van der Waals surface area contributed by atoms with Gasteiger partial charge < -0.3 is 10.4 Å². The molecular weight excluding hydrogens is 318 g/mol. The fourth-order valence-corrected chi connectivity index (χ4v) is 3.02. The highest BCUT2D eigenvalue weighted by atomic mass is 79.9. The number of nitrogens with one attached hydrogen (secondary N) is 1. The van der Waals surface area contributed by atoms with Crippen LogP contribution in [0.2, 0.25) is 0 Å². The lowest BCUT2D eigenvalue weighted by Gasteiger charge is -2.14. The molecule has 0 spiro atoms. The van der Waals surface area contributed by atoms with E-state index in [1.54, 1.807) is 18.2 Å². The third-order valence-corrected chi connectivity index (χ3v) is 4.58. The largest absolute Gasteiger partial charge is 0.395 e. The fourth-order valence-electron chi connectivity index (χ4n) is 1.46. The van der Waals surface area contributed by atoms with Crippen molar-refractivity contribution in [3.05, 3.63) is 22.7 Å². The van der Waals surface area contributed by atoms with E-state index in [9.17, 15) is 8.42 Å². The number of aliphatic hydroxyl groups excluding tert-OH is 1. The lowest BCUT2D eigenvalue weighted by Crippen LogP contribution is -2.15. The quantitative estimate of drug-likeness (QED) is 0.836. The predicted octanol–water partition coefficient (Wildman–Crippen LogP) is 2.28. The number of aliphatic hydroxyl groups is 1. The Balaban J connectivity index is 3.11. The first-order valence-electron chi connectivity index (χ1n) is 5.74. The van der Waals surface area contributed by atoms with Gasteiger partial charge in [-0.15, -0.1) is 0 Å². The van der Waals surface area contributed by atoms with Crippen LogP contribution in [0.1, 0.15) is 13.8 Å². The van der Waals surface area contributed by atoms with Crippen LogP contribution in [0.15, 0.2) is 27.6 Å². The lowest BCUT2D eigenvalue weighted by molar-refractivity contribution is 0.319. The third-order valence-electron chi connectivity index (χ3n) is 2.34. The molecule has 1 rings (SSSR count). The minimum absolute atomic E-state index is 0.236. The van der Waals surface area contributed by atoms with Crippen LogP contribution in [0.5, 0.6) is 0 Å². The van der Waals surface area contributed by atoms with E-state index in [1.807, 2.05) is 13.8 Å². The molecule has 1 aromatic carbocycles. The van der Waals surface area contributed by atoms with Crippen LogP contribution in [0.25, 0.3) is 0 Å². The normalized spacial score (nSPS) is 11.8. The van der Waals surface area contributed by atoms with Crippen molar-refractivity contribution in [2.24, 2.45) is 5.92 Å². The van der Waals surface area contributed by atoms with Gasteiger partial charge in [0.2, 0.25) is 0 Å². The van der Waals surface area contributed by atoms with Crippen LogP contribution >= 0.6 is 15.9 Å². The second-order valence-corrected chi connectivity index (χ2v) is 7.45. The van der Waals surface area contributed by atoms with Gasteiger partial charge >= 0.3 is 0 Å². The zero-order valence-electron chi connectivity index (χ0n) is 10.5. The van der Waals surface area contributed by atoms with Crippen LogP contribution < -0.4 is 5.32 Å². The van der Waals surface area contributed by atoms with Crippen molar-refractivity contribution >= 4 is 31.5 Å². The Kier molecular flexibility index (Phi) is 5.62. The second-order valence-electron chi connectivity index (χ2n) is 4.46. The van der Waals surface area contributed by atoms with E-state index in [0.717, 1.165) is 4.47 Å². The molecule has 102 valence electrons. The summed E-state index contributed by atoms with van der Waals surface area (Å²) in [6, 6.07) is 4.98. The number of anilines is 1. The summed E-state index contributed by atoms with van der Waals surface area (Å²) in [4.78, 5) is 0.236. The molecule has 0 aromatic heterocycles. The van der Waals surface area contributed by atoms with Crippen molar-refractivity contribution in [2.75, 3.05) is 24.2 Å². The van der Waals surface area contributed by atoms with Gasteiger partial charge in [-0.25, -0.2) is 8.42 Å². The molecule has 0 unspecified atom stereocenters. The molecule has 2 N–H and O–H groups in total. The molecule has 0 bridgehead atoms. The molecule has 0 atom stereocenters. The average Bonchev–Trinajstić information content (AvgIpc) is 2.26. The molecule has 0 aliphatic rings. The van der Waals surface area contributed by atoms with E-state index in [2.05, 4.69) is 21.2 Å². The minimum Gasteiger partial charge on any atom is -0.395 e. The number of halogens is 1. The predicted molar refractivity (Wildman–Crippen MR) is 76.6 cm³/mol. The zero-order valence-corrected chi connectivity index (χ0v) is 12.9. The first-order chi connectivity index (χ1) is 8.36. The van der Waals surface area contributed by atoms with Crippen molar-refractivity contribution in [3.63, 3.8) is 0 Å². The van der Waals surface area contributed by atoms with Gasteiger partial charge in [-0.05, 0) is 24.1 Å². The highest BCUT2D eigenvalue weighted by molar-refractivity contribution is 9.10. The standard InChI is InChI=1S/C12H18BrNO3S/c1-9(2)8-14-11-7-10(13)3-4-12(11)18(16,17)6-5-15/h3-4,7,9,14-15H,5-6,8H2,1-2H3. The Morgan fingerprint density at radius 2 is 2.06 bits per heavy atom. The van der Waals surface area contributed by atoms with E-state index in [4.69, 9.17) is 5.11 Å². The number of hydrogen-bond donors (Lipinski definition) is 2. The second kappa shape index (κ2) is 6.54. The Bertz CT molecular complexity index is 500. The summed E-state index contributed by atoms with van der Waals surface area (Å²) < 4.78 is 24.8. The Morgan fingerprint density at radius 3 is 2.61 bits per heavy atom. The molecule has 4 nitrogen and oxygen atoms in total. The first-order valence-corrected chi connectivity index (χ1v) is 8.18. The Labute approximate surface area is 116 Å². The summed E-state index contributed by atoms with van der Waals surface area (Å²) in [6.07, 6.45) is 0. The Hall–Kier alpha value is -0.590. The van der Waals surface area contributed by atoms with Gasteiger partial charge in [-0.1, -0.05) is 29.8 Å². The maximum atomic E-state index is 12.0. The number of sulfone groups is 1. The van der Waals surface area contributed by atoms with E-state index >= 15 is 0 Å². The SMILES string of the molecule is CC(C)CNc1cc(Br)ccc1S(=O)(=O)CCO. The number of rotatable bonds is 6. The summed E-state index contributed by atoms with van der Waals surface area (Å²) in [6.45, 7) is 4.42. The highest BCUT2D eigenvalue weighted by Crippen LogP contribution is 2.26. The topological polar surface area (TPSA) is 66.4 Å². The van der Waals surface area contributed by atoms with Gasteiger partial charge in [0.1, 0.15) is 0 Å². The smallest absolute Gasteiger partial charge is 0.182 e. The molecule has 0 amide bonds. The Morgan fingerprint density at radius 1 is 1.39 bits per heavy atom. The monoisotopic (exact) mass is 335 g/mol. The number of hydrogen-bond acceptors (Lipinski definition) is 4. The summed E-state index contributed by atoms with van der Waals surface area (Å²) >= 11 is 3.32. The maximum absolute atomic E-state index is 12.0. The molecule has 0 radical (unpaired) electrons. The molecule has 0 aliphatic heterocycles. The highest BCUT2D eigenvalue weighted by Gasteiger charge is 2.18. The van der Waals surface area contributed by atoms with E-state index in [-0.39, 0.29) is 17.3 Å². The van der Waals surface area contributed by atoms with Crippen LogP contribution in [0, 0.1) is 5.92 Å². The molecular formula is C12H18BrNO3S. The van der Waals surface area contributed by atoms with Crippen molar-refractivity contribution in [2.45, 2.75) is 18.7 Å². The van der Waals surface area contributed by atoms with Crippen LogP contribution in [-0.4, -0.2) is 32.4 Å². The average molecular weight is 336 g/mol. The van der Waals surface area contributed by atoms with E-state index in [0.29, 0.717) is 18.2 Å². The molecule has 0 saturated carbocycles. The lowest BCUT2D eigenvalue weighted by atomic mass is 10.2.